The Hall–Kier alpha value is -0.870. The molecule has 0 heterocycles. The zero-order chi connectivity index (χ0) is 9.28. The molecule has 4 nitrogen and oxygen atoms in total. The summed E-state index contributed by atoms with van der Waals surface area (Å²) in [5, 5.41) is 7.60. The van der Waals surface area contributed by atoms with Gasteiger partial charge in [-0.15, -0.1) is 0 Å². The standard InChI is InChI=1S/C4H12N2.C3H4O2/c1-6(2)4-3-5;1-2-3(4)5/h3-5H2,1-2H3;2H,1H2,(H,4,5). The first-order valence-corrected chi connectivity index (χ1v) is 3.24. The lowest BCUT2D eigenvalue weighted by atomic mass is 10.6. The number of rotatable bonds is 3. The quantitative estimate of drug-likeness (QED) is 0.559. The normalized spacial score (nSPS) is 8.36. The molecule has 0 aromatic heterocycles. The van der Waals surface area contributed by atoms with Gasteiger partial charge in [0.2, 0.25) is 0 Å². The third-order valence-electron chi connectivity index (χ3n) is 0.751. The largest absolute Gasteiger partial charge is 0.478 e. The summed E-state index contributed by atoms with van der Waals surface area (Å²) in [6, 6.07) is 0. The van der Waals surface area contributed by atoms with E-state index in [1.54, 1.807) is 0 Å². The van der Waals surface area contributed by atoms with Crippen LogP contribution < -0.4 is 5.73 Å². The highest BCUT2D eigenvalue weighted by atomic mass is 16.4. The summed E-state index contributed by atoms with van der Waals surface area (Å²) in [6.07, 6.45) is 0.833. The van der Waals surface area contributed by atoms with Crippen molar-refractivity contribution in [3.05, 3.63) is 12.7 Å². The molecular weight excluding hydrogens is 144 g/mol. The number of hydrogen-bond acceptors (Lipinski definition) is 3. The molecule has 0 saturated carbocycles. The molecule has 0 atom stereocenters. The van der Waals surface area contributed by atoms with E-state index in [4.69, 9.17) is 10.8 Å². The Kier molecular flexibility index (Phi) is 10.6. The van der Waals surface area contributed by atoms with Crippen LogP contribution >= 0.6 is 0 Å². The van der Waals surface area contributed by atoms with Crippen molar-refractivity contribution >= 4 is 5.97 Å². The molecule has 0 bridgehead atoms. The number of carbonyl (C=O) groups is 1. The van der Waals surface area contributed by atoms with Crippen molar-refractivity contribution in [2.45, 2.75) is 0 Å². The Balaban J connectivity index is 0. The minimum atomic E-state index is -0.981. The first-order chi connectivity index (χ1) is 5.04. The second kappa shape index (κ2) is 9.13. The van der Waals surface area contributed by atoms with E-state index in [1.165, 1.54) is 0 Å². The van der Waals surface area contributed by atoms with Crippen molar-refractivity contribution in [2.75, 3.05) is 27.2 Å². The molecule has 0 unspecified atom stereocenters. The Morgan fingerprint density at radius 2 is 2.09 bits per heavy atom. The van der Waals surface area contributed by atoms with Crippen molar-refractivity contribution in [1.82, 2.24) is 4.90 Å². The zero-order valence-corrected chi connectivity index (χ0v) is 7.08. The van der Waals surface area contributed by atoms with E-state index in [0.29, 0.717) is 0 Å². The second-order valence-electron chi connectivity index (χ2n) is 2.13. The lowest BCUT2D eigenvalue weighted by Crippen LogP contribution is -2.20. The lowest BCUT2D eigenvalue weighted by Gasteiger charge is -2.03. The molecule has 3 N–H and O–H groups in total. The fourth-order valence-corrected chi connectivity index (χ4v) is 0.258. The fraction of sp³-hybridized carbons (Fsp3) is 0.571. The van der Waals surface area contributed by atoms with Crippen LogP contribution in [-0.2, 0) is 4.79 Å². The minimum absolute atomic E-state index is 0.757. The first-order valence-electron chi connectivity index (χ1n) is 3.24. The van der Waals surface area contributed by atoms with Gasteiger partial charge in [0.15, 0.2) is 0 Å². The van der Waals surface area contributed by atoms with Crippen LogP contribution in [0.25, 0.3) is 0 Å². The number of nitrogens with two attached hydrogens (primary N) is 1. The van der Waals surface area contributed by atoms with Crippen molar-refractivity contribution in [3.8, 4) is 0 Å². The molecule has 66 valence electrons. The van der Waals surface area contributed by atoms with E-state index in [2.05, 4.69) is 11.5 Å². The Bertz CT molecular complexity index is 113. The molecule has 0 amide bonds. The molecule has 0 fully saturated rings. The van der Waals surface area contributed by atoms with Crippen molar-refractivity contribution in [3.63, 3.8) is 0 Å². The van der Waals surface area contributed by atoms with E-state index in [-0.39, 0.29) is 0 Å². The maximum Gasteiger partial charge on any atom is 0.327 e. The van der Waals surface area contributed by atoms with Gasteiger partial charge in [0.05, 0.1) is 0 Å². The molecule has 4 heteroatoms. The highest BCUT2D eigenvalue weighted by molar-refractivity contribution is 5.78. The average molecular weight is 160 g/mol. The Morgan fingerprint density at radius 1 is 1.73 bits per heavy atom. The SMILES string of the molecule is C=CC(=O)O.CN(C)CCN. The molecule has 0 rings (SSSR count). The predicted octanol–water partition coefficient (Wildman–Crippen LogP) is -0.236. The van der Waals surface area contributed by atoms with E-state index in [1.807, 2.05) is 14.1 Å². The molecule has 0 saturated heterocycles. The summed E-state index contributed by atoms with van der Waals surface area (Å²) in [5.41, 5.74) is 5.19. The van der Waals surface area contributed by atoms with Crippen LogP contribution in [0.3, 0.4) is 0 Å². The van der Waals surface area contributed by atoms with E-state index >= 15 is 0 Å². The second-order valence-corrected chi connectivity index (χ2v) is 2.13. The minimum Gasteiger partial charge on any atom is -0.478 e. The van der Waals surface area contributed by atoms with Crippen LogP contribution in [0, 0.1) is 0 Å². The molecular formula is C7H16N2O2. The summed E-state index contributed by atoms with van der Waals surface area (Å²) >= 11 is 0. The molecule has 11 heavy (non-hydrogen) atoms. The third-order valence-corrected chi connectivity index (χ3v) is 0.751. The fourth-order valence-electron chi connectivity index (χ4n) is 0.258. The number of carboxylic acids is 1. The average Bonchev–Trinajstić information content (AvgIpc) is 1.89. The van der Waals surface area contributed by atoms with Gasteiger partial charge in [-0.3, -0.25) is 0 Å². The van der Waals surface area contributed by atoms with Crippen molar-refractivity contribution in [2.24, 2.45) is 5.73 Å². The van der Waals surface area contributed by atoms with Gasteiger partial charge in [-0.05, 0) is 14.1 Å². The van der Waals surface area contributed by atoms with Gasteiger partial charge in [-0.2, -0.15) is 0 Å². The topological polar surface area (TPSA) is 66.6 Å². The number of nitrogens with zero attached hydrogens (tertiary/aromatic N) is 1. The summed E-state index contributed by atoms with van der Waals surface area (Å²) in [6.45, 7) is 4.70. The van der Waals surface area contributed by atoms with Gasteiger partial charge in [-0.1, -0.05) is 6.58 Å². The highest BCUT2D eigenvalue weighted by Crippen LogP contribution is 1.64. The summed E-state index contributed by atoms with van der Waals surface area (Å²) in [4.78, 5) is 11.3. The number of hydrogen-bond donors (Lipinski definition) is 2. The van der Waals surface area contributed by atoms with Gasteiger partial charge < -0.3 is 15.7 Å². The Labute approximate surface area is 67.3 Å². The maximum absolute atomic E-state index is 9.25. The molecule has 0 spiro atoms. The maximum atomic E-state index is 9.25. The van der Waals surface area contributed by atoms with Crippen LogP contribution in [0.2, 0.25) is 0 Å². The van der Waals surface area contributed by atoms with Gasteiger partial charge in [0.25, 0.3) is 0 Å². The highest BCUT2D eigenvalue weighted by Gasteiger charge is 1.79. The van der Waals surface area contributed by atoms with E-state index < -0.39 is 5.97 Å². The van der Waals surface area contributed by atoms with E-state index in [0.717, 1.165) is 19.2 Å². The van der Waals surface area contributed by atoms with Crippen molar-refractivity contribution < 1.29 is 9.90 Å². The molecule has 0 aliphatic carbocycles. The van der Waals surface area contributed by atoms with Crippen LogP contribution in [0.4, 0.5) is 0 Å². The number of likely N-dealkylation sites (N-methyl/N-ethyl adjacent to an activating group) is 1. The number of aliphatic carboxylic acids is 1. The van der Waals surface area contributed by atoms with Crippen LogP contribution in [0.1, 0.15) is 0 Å². The molecule has 0 aromatic carbocycles. The van der Waals surface area contributed by atoms with Gasteiger partial charge in [0, 0.05) is 19.2 Å². The Morgan fingerprint density at radius 3 is 2.09 bits per heavy atom. The van der Waals surface area contributed by atoms with Crippen LogP contribution in [-0.4, -0.2) is 43.2 Å². The summed E-state index contributed by atoms with van der Waals surface area (Å²) in [7, 11) is 4.01. The van der Waals surface area contributed by atoms with Gasteiger partial charge in [0.1, 0.15) is 0 Å². The van der Waals surface area contributed by atoms with Crippen LogP contribution in [0.15, 0.2) is 12.7 Å². The van der Waals surface area contributed by atoms with Crippen molar-refractivity contribution in [1.29, 1.82) is 0 Å². The first kappa shape index (κ1) is 12.8. The molecule has 0 aromatic rings. The monoisotopic (exact) mass is 160 g/mol. The molecule has 0 radical (unpaired) electrons. The zero-order valence-electron chi connectivity index (χ0n) is 7.08. The van der Waals surface area contributed by atoms with Gasteiger partial charge in [-0.25, -0.2) is 4.79 Å². The summed E-state index contributed by atoms with van der Waals surface area (Å²) in [5.74, 6) is -0.981. The molecule has 0 aliphatic rings. The smallest absolute Gasteiger partial charge is 0.327 e. The lowest BCUT2D eigenvalue weighted by molar-refractivity contribution is -0.131. The molecule has 0 aliphatic heterocycles. The third kappa shape index (κ3) is 27.2. The predicted molar refractivity (Wildman–Crippen MR) is 45.4 cm³/mol. The number of carboxylic acid groups (broad SMARTS) is 1. The van der Waals surface area contributed by atoms with Crippen LogP contribution in [0.5, 0.6) is 0 Å². The van der Waals surface area contributed by atoms with E-state index in [9.17, 15) is 4.79 Å². The van der Waals surface area contributed by atoms with Gasteiger partial charge >= 0.3 is 5.97 Å². The summed E-state index contributed by atoms with van der Waals surface area (Å²) < 4.78 is 0.